The van der Waals surface area contributed by atoms with Gasteiger partial charge in [0.1, 0.15) is 0 Å². The molecule has 0 atom stereocenters. The van der Waals surface area contributed by atoms with Crippen LogP contribution in [0.2, 0.25) is 0 Å². The van der Waals surface area contributed by atoms with Gasteiger partial charge in [0.25, 0.3) is 0 Å². The van der Waals surface area contributed by atoms with Crippen LogP contribution in [0.3, 0.4) is 0 Å². The van der Waals surface area contributed by atoms with Gasteiger partial charge in [0.05, 0.1) is 0 Å². The first-order valence-electron chi connectivity index (χ1n) is 1.87. The zero-order valence-corrected chi connectivity index (χ0v) is 4.00. The summed E-state index contributed by atoms with van der Waals surface area (Å²) in [7, 11) is 0. The van der Waals surface area contributed by atoms with Crippen LogP contribution in [0, 0.1) is 0 Å². The zero-order chi connectivity index (χ0) is 3.70. The second-order valence-electron chi connectivity index (χ2n) is 1.34. The van der Waals surface area contributed by atoms with E-state index < -0.39 is 0 Å². The Hall–Kier alpha value is 0.376. The van der Waals surface area contributed by atoms with Crippen molar-refractivity contribution in [3.05, 3.63) is 0 Å². The van der Waals surface area contributed by atoms with Crippen molar-refractivity contribution in [3.8, 4) is 0 Å². The molecule has 0 heterocycles. The molecule has 0 amide bonds. The van der Waals surface area contributed by atoms with Gasteiger partial charge >= 0.3 is 39.0 Å². The van der Waals surface area contributed by atoms with Crippen molar-refractivity contribution in [2.24, 2.45) is 0 Å². The summed E-state index contributed by atoms with van der Waals surface area (Å²) in [5, 5.41) is 0. The molecule has 0 nitrogen and oxygen atoms in total. The Balaban J connectivity index is 2.32. The van der Waals surface area contributed by atoms with Crippen LogP contribution in [-0.2, 0) is 15.3 Å². The molecule has 0 bridgehead atoms. The fraction of sp³-hybridized carbons (Fsp3) is 0.750. The van der Waals surface area contributed by atoms with Crippen LogP contribution in [0.25, 0.3) is 0 Å². The molecule has 0 unspecified atom stereocenters. The Morgan fingerprint density at radius 3 is 1.80 bits per heavy atom. The third kappa shape index (κ3) is 0.608. The van der Waals surface area contributed by atoms with Crippen molar-refractivity contribution in [1.29, 1.82) is 0 Å². The molecule has 0 aromatic rings. The van der Waals surface area contributed by atoms with Gasteiger partial charge in [-0.3, -0.25) is 0 Å². The molecular weight excluding hydrogens is 107 g/mol. The maximum atomic E-state index is 4.14. The molecule has 1 rings (SSSR count). The standard InChI is InChI=1S/C4H6.Co/c1-2-4-3-1;/h1-3H2;. The zero-order valence-electron chi connectivity index (χ0n) is 2.95. The Morgan fingerprint density at radius 2 is 1.80 bits per heavy atom. The predicted molar refractivity (Wildman–Crippen MR) is 18.9 cm³/mol. The normalized spacial score (nSPS) is 22.2. The summed E-state index contributed by atoms with van der Waals surface area (Å²) in [6, 6.07) is 0. The van der Waals surface area contributed by atoms with E-state index in [1.165, 1.54) is 23.7 Å². The average Bonchev–Trinajstić information content (AvgIpc) is 1.30. The molecule has 0 radical (unpaired) electrons. The van der Waals surface area contributed by atoms with Crippen LogP contribution in [0.4, 0.5) is 0 Å². The van der Waals surface area contributed by atoms with Crippen LogP contribution in [0.15, 0.2) is 0 Å². The van der Waals surface area contributed by atoms with E-state index in [0.717, 1.165) is 0 Å². The maximum absolute atomic E-state index is 4.14. The molecule has 1 heteroatoms. The van der Waals surface area contributed by atoms with E-state index in [9.17, 15) is 0 Å². The number of rotatable bonds is 0. The Kier molecular flexibility index (Phi) is 0.874. The third-order valence-electron chi connectivity index (χ3n) is 0.874. The quantitative estimate of drug-likeness (QED) is 0.437. The van der Waals surface area contributed by atoms with Crippen molar-refractivity contribution in [2.75, 3.05) is 0 Å². The van der Waals surface area contributed by atoms with Crippen LogP contribution >= 0.6 is 0 Å². The summed E-state index contributed by atoms with van der Waals surface area (Å²) in [5.41, 5.74) is 0. The molecule has 1 saturated carbocycles. The third-order valence-corrected chi connectivity index (χ3v) is 1.39. The summed E-state index contributed by atoms with van der Waals surface area (Å²) in [6.07, 6.45) is 3.90. The Morgan fingerprint density at radius 1 is 1.40 bits per heavy atom. The molecule has 0 aromatic carbocycles. The van der Waals surface area contributed by atoms with Crippen LogP contribution in [-0.4, -0.2) is 4.45 Å². The van der Waals surface area contributed by atoms with E-state index in [-0.39, 0.29) is 0 Å². The number of hydrogen-bond donors (Lipinski definition) is 0. The van der Waals surface area contributed by atoms with Crippen molar-refractivity contribution < 1.29 is 15.3 Å². The Labute approximate surface area is 39.7 Å². The van der Waals surface area contributed by atoms with Gasteiger partial charge in [-0.2, -0.15) is 0 Å². The summed E-state index contributed by atoms with van der Waals surface area (Å²) in [4.78, 5) is 0. The first-order valence-corrected chi connectivity index (χ1v) is 2.39. The van der Waals surface area contributed by atoms with E-state index in [4.69, 9.17) is 0 Å². The van der Waals surface area contributed by atoms with Gasteiger partial charge in [-0.15, -0.1) is 0 Å². The van der Waals surface area contributed by atoms with Crippen LogP contribution in [0.1, 0.15) is 19.3 Å². The molecule has 1 aliphatic carbocycles. The van der Waals surface area contributed by atoms with E-state index in [2.05, 4.69) is 15.3 Å². The topological polar surface area (TPSA) is 0 Å². The predicted octanol–water partition coefficient (Wildman–Crippen LogP) is 0.889. The first-order chi connectivity index (χ1) is 2.39. The van der Waals surface area contributed by atoms with Crippen molar-refractivity contribution in [1.82, 2.24) is 0 Å². The van der Waals surface area contributed by atoms with Crippen LogP contribution < -0.4 is 0 Å². The molecular formula is C4H6Co. The first kappa shape index (κ1) is 3.56. The fourth-order valence-corrected chi connectivity index (χ4v) is 0.663. The molecule has 1 aliphatic rings. The van der Waals surface area contributed by atoms with Gasteiger partial charge in [0.2, 0.25) is 0 Å². The molecule has 0 aliphatic heterocycles. The van der Waals surface area contributed by atoms with Crippen molar-refractivity contribution in [3.63, 3.8) is 0 Å². The average molecular weight is 113 g/mol. The summed E-state index contributed by atoms with van der Waals surface area (Å²) in [6.45, 7) is 0. The van der Waals surface area contributed by atoms with Gasteiger partial charge < -0.3 is 0 Å². The minimum absolute atomic E-state index is 1.26. The van der Waals surface area contributed by atoms with Gasteiger partial charge in [-0.25, -0.2) is 0 Å². The summed E-state index contributed by atoms with van der Waals surface area (Å²) >= 11 is 4.14. The SMILES string of the molecule is [Co]=[C]1CCC1. The molecule has 0 N–H and O–H groups in total. The summed E-state index contributed by atoms with van der Waals surface area (Å²) in [5.74, 6) is 0. The molecule has 0 aromatic heterocycles. The monoisotopic (exact) mass is 113 g/mol. The second kappa shape index (κ2) is 1.23. The van der Waals surface area contributed by atoms with Gasteiger partial charge in [-0.05, 0) is 0 Å². The molecule has 1 fully saturated rings. The molecule has 0 spiro atoms. The van der Waals surface area contributed by atoms with E-state index in [1.807, 2.05) is 0 Å². The molecule has 31 valence electrons. The van der Waals surface area contributed by atoms with Crippen molar-refractivity contribution >= 4 is 4.45 Å². The minimum atomic E-state index is 1.26. The van der Waals surface area contributed by atoms with E-state index in [1.54, 1.807) is 0 Å². The second-order valence-corrected chi connectivity index (χ2v) is 2.08. The van der Waals surface area contributed by atoms with Gasteiger partial charge in [-0.1, -0.05) is 0 Å². The molecule has 0 saturated heterocycles. The summed E-state index contributed by atoms with van der Waals surface area (Å²) < 4.78 is 1.37. The Bertz CT molecular complexity index is 50.7. The van der Waals surface area contributed by atoms with Gasteiger partial charge in [0.15, 0.2) is 0 Å². The molecule has 5 heavy (non-hydrogen) atoms. The van der Waals surface area contributed by atoms with E-state index >= 15 is 0 Å². The van der Waals surface area contributed by atoms with Crippen molar-refractivity contribution in [2.45, 2.75) is 19.3 Å². The van der Waals surface area contributed by atoms with Gasteiger partial charge in [0, 0.05) is 0 Å². The number of hydrogen-bond acceptors (Lipinski definition) is 0. The van der Waals surface area contributed by atoms with Crippen LogP contribution in [0.5, 0.6) is 0 Å². The fourth-order valence-electron chi connectivity index (χ4n) is 0.295. The van der Waals surface area contributed by atoms with E-state index in [0.29, 0.717) is 0 Å².